The molecule has 2 heterocycles. The third-order valence-electron chi connectivity index (χ3n) is 4.76. The summed E-state index contributed by atoms with van der Waals surface area (Å²) < 4.78 is 19.5. The molecule has 0 saturated carbocycles. The van der Waals surface area contributed by atoms with Gasteiger partial charge in [0, 0.05) is 11.4 Å². The summed E-state index contributed by atoms with van der Waals surface area (Å²) in [4.78, 5) is 17.7. The van der Waals surface area contributed by atoms with Gasteiger partial charge in [-0.15, -0.1) is 5.10 Å². The number of allylic oxidation sites excluding steroid dienone is 1. The molecule has 0 aliphatic carbocycles. The van der Waals surface area contributed by atoms with Crippen LogP contribution >= 0.6 is 27.7 Å². The molecule has 3 rings (SSSR count). The number of nitrogens with zero attached hydrogens (tertiary/aromatic N) is 3. The van der Waals surface area contributed by atoms with Gasteiger partial charge in [-0.2, -0.15) is 4.98 Å². The van der Waals surface area contributed by atoms with Crippen molar-refractivity contribution in [1.82, 2.24) is 14.8 Å². The molecular weight excluding hydrogens is 508 g/mol. The number of fused-ring (bicyclic) bond motifs is 1. The van der Waals surface area contributed by atoms with Crippen LogP contribution in [0.5, 0.6) is 11.5 Å². The molecule has 0 radical (unpaired) electrons. The second-order valence-corrected chi connectivity index (χ2v) is 9.08. The summed E-state index contributed by atoms with van der Waals surface area (Å²) >= 11 is 5.19. The van der Waals surface area contributed by atoms with Crippen LogP contribution in [-0.4, -0.2) is 46.3 Å². The minimum Gasteiger partial charge on any atom is -0.490 e. The molecule has 1 unspecified atom stereocenters. The van der Waals surface area contributed by atoms with Crippen molar-refractivity contribution < 1.29 is 19.0 Å². The number of esters is 1. The second kappa shape index (κ2) is 11.6. The van der Waals surface area contributed by atoms with Gasteiger partial charge in [0.2, 0.25) is 11.1 Å². The molecule has 10 heteroatoms. The molecule has 1 aliphatic rings. The number of thioether (sulfide) groups is 1. The Labute approximate surface area is 206 Å². The van der Waals surface area contributed by atoms with Crippen LogP contribution in [0.3, 0.4) is 0 Å². The second-order valence-electron chi connectivity index (χ2n) is 7.16. The molecule has 1 aromatic carbocycles. The summed E-state index contributed by atoms with van der Waals surface area (Å²) in [6.45, 7) is 12.5. The summed E-state index contributed by atoms with van der Waals surface area (Å²) in [6, 6.07) is 3.24. The highest BCUT2D eigenvalue weighted by molar-refractivity contribution is 9.10. The van der Waals surface area contributed by atoms with Crippen molar-refractivity contribution in [1.29, 1.82) is 0 Å². The molecule has 0 fully saturated rings. The zero-order chi connectivity index (χ0) is 24.0. The summed E-state index contributed by atoms with van der Waals surface area (Å²) in [6.07, 6.45) is 2.55. The third kappa shape index (κ3) is 5.55. The van der Waals surface area contributed by atoms with Gasteiger partial charge in [0.25, 0.3) is 0 Å². The lowest BCUT2D eigenvalue weighted by atomic mass is 9.95. The van der Waals surface area contributed by atoms with Crippen molar-refractivity contribution in [3.8, 4) is 11.5 Å². The fourth-order valence-electron chi connectivity index (χ4n) is 3.46. The highest BCUT2D eigenvalue weighted by Crippen LogP contribution is 2.43. The van der Waals surface area contributed by atoms with Gasteiger partial charge in [-0.1, -0.05) is 31.3 Å². The molecule has 1 aromatic heterocycles. The van der Waals surface area contributed by atoms with E-state index in [2.05, 4.69) is 39.7 Å². The van der Waals surface area contributed by atoms with Crippen LogP contribution in [-0.2, 0) is 9.53 Å². The maximum Gasteiger partial charge on any atom is 0.338 e. The van der Waals surface area contributed by atoms with E-state index in [0.717, 1.165) is 22.2 Å². The molecule has 8 nitrogen and oxygen atoms in total. The van der Waals surface area contributed by atoms with E-state index in [1.54, 1.807) is 22.5 Å². The maximum absolute atomic E-state index is 13.1. The fraction of sp³-hybridized carbons (Fsp3) is 0.435. The molecular formula is C23H29BrN4O4S. The van der Waals surface area contributed by atoms with E-state index in [4.69, 9.17) is 19.3 Å². The molecule has 1 atom stereocenters. The quantitative estimate of drug-likeness (QED) is 0.233. The van der Waals surface area contributed by atoms with Gasteiger partial charge < -0.3 is 19.5 Å². The molecule has 0 bridgehead atoms. The average Bonchev–Trinajstić information content (AvgIpc) is 3.19. The number of anilines is 1. The molecule has 1 aliphatic heterocycles. The number of carbonyl (C=O) groups excluding carboxylic acids is 1. The number of ether oxygens (including phenoxy) is 3. The Morgan fingerprint density at radius 3 is 2.73 bits per heavy atom. The normalized spacial score (nSPS) is 15.0. The number of halogens is 1. The van der Waals surface area contributed by atoms with Gasteiger partial charge >= 0.3 is 5.97 Å². The number of hydrogen-bond donors (Lipinski definition) is 1. The van der Waals surface area contributed by atoms with Crippen molar-refractivity contribution in [3.05, 3.63) is 46.1 Å². The molecule has 1 N–H and O–H groups in total. The van der Waals surface area contributed by atoms with Gasteiger partial charge in [0.05, 0.1) is 23.3 Å². The molecule has 0 amide bonds. The Kier molecular flexibility index (Phi) is 8.85. The lowest BCUT2D eigenvalue weighted by Crippen LogP contribution is -2.29. The van der Waals surface area contributed by atoms with E-state index in [-0.39, 0.29) is 6.61 Å². The number of benzene rings is 1. The van der Waals surface area contributed by atoms with Gasteiger partial charge in [-0.3, -0.25) is 0 Å². The number of hydrogen-bond acceptors (Lipinski definition) is 8. The highest BCUT2D eigenvalue weighted by atomic mass is 79.9. The summed E-state index contributed by atoms with van der Waals surface area (Å²) in [5.74, 6) is 2.22. The summed E-state index contributed by atoms with van der Waals surface area (Å²) in [7, 11) is 0. The van der Waals surface area contributed by atoms with Crippen LogP contribution in [0.25, 0.3) is 0 Å². The van der Waals surface area contributed by atoms with E-state index >= 15 is 0 Å². The maximum atomic E-state index is 13.1. The Morgan fingerprint density at radius 1 is 1.30 bits per heavy atom. The Balaban J connectivity index is 2.16. The highest BCUT2D eigenvalue weighted by Gasteiger charge is 2.36. The number of rotatable bonds is 11. The predicted molar refractivity (Wildman–Crippen MR) is 133 cm³/mol. The van der Waals surface area contributed by atoms with Gasteiger partial charge in [-0.05, 0) is 60.8 Å². The van der Waals surface area contributed by atoms with E-state index in [9.17, 15) is 4.79 Å². The zero-order valence-electron chi connectivity index (χ0n) is 19.3. The standard InChI is InChI=1S/C23H29BrN4O4S/c1-6-10-32-21(29)18-14(5)25-22-26-23(33-11-7-2)27-28(22)19(18)15-12-16(24)20(31-9-4)17(13-15)30-8-3/h6,12-13,19H,1,7-11H2,2-5H3,(H,25,26,27). The Bertz CT molecular complexity index is 1050. The number of carbonyl (C=O) groups is 1. The Hall–Kier alpha value is -2.46. The molecule has 33 heavy (non-hydrogen) atoms. The predicted octanol–water partition coefficient (Wildman–Crippen LogP) is 5.36. The first-order valence-corrected chi connectivity index (χ1v) is 12.7. The van der Waals surface area contributed by atoms with E-state index in [1.165, 1.54) is 0 Å². The van der Waals surface area contributed by atoms with Crippen LogP contribution in [0, 0.1) is 0 Å². The van der Waals surface area contributed by atoms with E-state index < -0.39 is 12.0 Å². The van der Waals surface area contributed by atoms with E-state index in [1.807, 2.05) is 32.9 Å². The smallest absolute Gasteiger partial charge is 0.338 e. The minimum absolute atomic E-state index is 0.112. The van der Waals surface area contributed by atoms with Gasteiger partial charge in [0.1, 0.15) is 12.6 Å². The average molecular weight is 537 g/mol. The van der Waals surface area contributed by atoms with Crippen molar-refractivity contribution in [3.63, 3.8) is 0 Å². The largest absolute Gasteiger partial charge is 0.490 e. The number of aromatic nitrogens is 3. The van der Waals surface area contributed by atoms with E-state index in [0.29, 0.717) is 47.1 Å². The zero-order valence-corrected chi connectivity index (χ0v) is 21.7. The SMILES string of the molecule is C=CCOC(=O)C1=C(C)Nc2nc(SCCC)nn2C1c1cc(Br)c(OCC)c(OCC)c1. The van der Waals surface area contributed by atoms with Gasteiger partial charge in [0.15, 0.2) is 11.5 Å². The van der Waals surface area contributed by atoms with Crippen LogP contribution in [0.4, 0.5) is 5.95 Å². The first-order valence-electron chi connectivity index (χ1n) is 10.9. The topological polar surface area (TPSA) is 87.5 Å². The molecule has 0 spiro atoms. The van der Waals surface area contributed by atoms with Crippen molar-refractivity contribution in [2.45, 2.75) is 45.3 Å². The van der Waals surface area contributed by atoms with Crippen molar-refractivity contribution in [2.24, 2.45) is 0 Å². The minimum atomic E-state index is -0.562. The van der Waals surface area contributed by atoms with Crippen LogP contribution in [0.2, 0.25) is 0 Å². The monoisotopic (exact) mass is 536 g/mol. The lowest BCUT2D eigenvalue weighted by molar-refractivity contribution is -0.138. The van der Waals surface area contributed by atoms with Crippen LogP contribution in [0.15, 0.2) is 45.7 Å². The Morgan fingerprint density at radius 2 is 2.06 bits per heavy atom. The number of nitrogens with one attached hydrogen (secondary N) is 1. The summed E-state index contributed by atoms with van der Waals surface area (Å²) in [5.41, 5.74) is 1.89. The first-order chi connectivity index (χ1) is 15.9. The third-order valence-corrected chi connectivity index (χ3v) is 6.39. The first kappa shape index (κ1) is 25.2. The van der Waals surface area contributed by atoms with Crippen LogP contribution in [0.1, 0.15) is 45.7 Å². The van der Waals surface area contributed by atoms with Gasteiger partial charge in [-0.25, -0.2) is 9.48 Å². The van der Waals surface area contributed by atoms with Crippen molar-refractivity contribution >= 4 is 39.6 Å². The molecule has 2 aromatic rings. The fourth-order valence-corrected chi connectivity index (χ4v) is 4.72. The molecule has 178 valence electrons. The van der Waals surface area contributed by atoms with Crippen LogP contribution < -0.4 is 14.8 Å². The summed E-state index contributed by atoms with van der Waals surface area (Å²) in [5, 5.41) is 8.57. The molecule has 0 saturated heterocycles. The lowest BCUT2D eigenvalue weighted by Gasteiger charge is -2.28. The van der Waals surface area contributed by atoms with Crippen molar-refractivity contribution in [2.75, 3.05) is 30.9 Å².